The third-order valence-corrected chi connectivity index (χ3v) is 5.22. The lowest BCUT2D eigenvalue weighted by atomic mass is 10.0. The largest absolute Gasteiger partial charge is 0.790 e. The highest BCUT2D eigenvalue weighted by molar-refractivity contribution is 7.43. The minimum atomic E-state index is -5.07. The first-order valence-electron chi connectivity index (χ1n) is 9.17. The summed E-state index contributed by atoms with van der Waals surface area (Å²) in [5.41, 5.74) is 0.293. The SMILES string of the molecule is O=C(NCc1ccc(Cl)cc1)c1c[nH]c2c(F)cc(CCCOP(=O)([O-])[O-])cc2c1=O. The van der Waals surface area contributed by atoms with Crippen molar-refractivity contribution in [3.8, 4) is 0 Å². The summed E-state index contributed by atoms with van der Waals surface area (Å²) >= 11 is 5.82. The van der Waals surface area contributed by atoms with Crippen LogP contribution in [0.25, 0.3) is 10.9 Å². The van der Waals surface area contributed by atoms with Crippen molar-refractivity contribution in [2.75, 3.05) is 6.61 Å². The van der Waals surface area contributed by atoms with Crippen LogP contribution >= 0.6 is 19.4 Å². The van der Waals surface area contributed by atoms with Crippen molar-refractivity contribution in [3.63, 3.8) is 0 Å². The molecule has 164 valence electrons. The maximum absolute atomic E-state index is 14.4. The number of halogens is 2. The number of H-pyrrole nitrogens is 1. The van der Waals surface area contributed by atoms with Gasteiger partial charge < -0.3 is 29.2 Å². The van der Waals surface area contributed by atoms with Gasteiger partial charge in [-0.25, -0.2) is 4.39 Å². The van der Waals surface area contributed by atoms with Crippen LogP contribution < -0.4 is 20.5 Å². The molecule has 0 radical (unpaired) electrons. The maximum Gasteiger partial charge on any atom is 0.257 e. The van der Waals surface area contributed by atoms with E-state index in [1.807, 2.05) is 0 Å². The first-order valence-corrected chi connectivity index (χ1v) is 11.0. The molecule has 1 heterocycles. The Kier molecular flexibility index (Phi) is 7.25. The number of amides is 1. The Labute approximate surface area is 181 Å². The van der Waals surface area contributed by atoms with E-state index in [2.05, 4.69) is 14.8 Å². The molecule has 0 saturated heterocycles. The van der Waals surface area contributed by atoms with E-state index in [1.165, 1.54) is 12.1 Å². The van der Waals surface area contributed by atoms with Gasteiger partial charge in [0.05, 0.1) is 19.9 Å². The van der Waals surface area contributed by atoms with Gasteiger partial charge in [-0.15, -0.1) is 0 Å². The predicted octanol–water partition coefficient (Wildman–Crippen LogP) is 2.03. The fourth-order valence-electron chi connectivity index (χ4n) is 2.99. The van der Waals surface area contributed by atoms with Crippen molar-refractivity contribution in [3.05, 3.63) is 80.3 Å². The Morgan fingerprint density at radius 3 is 2.58 bits per heavy atom. The standard InChI is InChI=1S/C20H19ClFN2O6P/c21-14-5-3-12(4-6-14)10-24-20(26)16-11-23-18-15(19(16)25)8-13(9-17(18)22)2-1-7-30-31(27,28)29/h3-6,8-9,11H,1-2,7,10H2,(H,23,25)(H,24,26)(H2,27,28,29)/p-2. The molecule has 0 unspecified atom stereocenters. The molecule has 0 fully saturated rings. The maximum atomic E-state index is 14.4. The Morgan fingerprint density at radius 2 is 1.90 bits per heavy atom. The van der Waals surface area contributed by atoms with Crippen LogP contribution in [0.4, 0.5) is 4.39 Å². The van der Waals surface area contributed by atoms with Gasteiger partial charge >= 0.3 is 0 Å². The molecular formula is C20H17ClFN2O6P-2. The van der Waals surface area contributed by atoms with E-state index in [9.17, 15) is 28.3 Å². The minimum absolute atomic E-state index is 0.0200. The summed E-state index contributed by atoms with van der Waals surface area (Å²) in [7, 11) is -5.07. The molecule has 3 rings (SSSR count). The lowest BCUT2D eigenvalue weighted by molar-refractivity contribution is -0.341. The minimum Gasteiger partial charge on any atom is -0.790 e. The van der Waals surface area contributed by atoms with E-state index in [0.29, 0.717) is 10.6 Å². The quantitative estimate of drug-likeness (QED) is 0.385. The molecule has 1 aromatic heterocycles. The Bertz CT molecular complexity index is 1210. The number of carbonyl (C=O) groups excluding carboxylic acids is 1. The average Bonchev–Trinajstić information content (AvgIpc) is 2.71. The van der Waals surface area contributed by atoms with Crippen molar-refractivity contribution in [2.45, 2.75) is 19.4 Å². The van der Waals surface area contributed by atoms with Gasteiger partial charge in [-0.05, 0) is 48.2 Å². The number of aryl methyl sites for hydroxylation is 1. The molecule has 2 aromatic carbocycles. The highest BCUT2D eigenvalue weighted by Gasteiger charge is 2.15. The monoisotopic (exact) mass is 466 g/mol. The van der Waals surface area contributed by atoms with Crippen LogP contribution in [-0.2, 0) is 22.1 Å². The van der Waals surface area contributed by atoms with Crippen molar-refractivity contribution in [2.24, 2.45) is 0 Å². The highest BCUT2D eigenvalue weighted by atomic mass is 35.5. The number of aromatic amines is 1. The van der Waals surface area contributed by atoms with Gasteiger partial charge in [0.1, 0.15) is 11.4 Å². The molecule has 0 saturated carbocycles. The van der Waals surface area contributed by atoms with Gasteiger partial charge in [-0.2, -0.15) is 0 Å². The predicted molar refractivity (Wildman–Crippen MR) is 109 cm³/mol. The summed E-state index contributed by atoms with van der Waals surface area (Å²) < 4.78 is 29.0. The summed E-state index contributed by atoms with van der Waals surface area (Å²) in [6.07, 6.45) is 1.44. The first kappa shape index (κ1) is 23.1. The van der Waals surface area contributed by atoms with Crippen LogP contribution in [0.2, 0.25) is 5.02 Å². The van der Waals surface area contributed by atoms with Crippen LogP contribution in [0.3, 0.4) is 0 Å². The van der Waals surface area contributed by atoms with Crippen molar-refractivity contribution >= 4 is 36.2 Å². The summed E-state index contributed by atoms with van der Waals surface area (Å²) in [6, 6.07) is 9.42. The normalized spacial score (nSPS) is 11.6. The third-order valence-electron chi connectivity index (χ3n) is 4.47. The van der Waals surface area contributed by atoms with Gasteiger partial charge in [0.25, 0.3) is 5.91 Å². The molecule has 0 atom stereocenters. The number of rotatable bonds is 8. The number of phosphoric ester groups is 1. The fraction of sp³-hybridized carbons (Fsp3) is 0.200. The number of phosphoric acid groups is 1. The zero-order valence-corrected chi connectivity index (χ0v) is 17.7. The molecule has 0 aliphatic rings. The highest BCUT2D eigenvalue weighted by Crippen LogP contribution is 2.25. The first-order chi connectivity index (χ1) is 14.6. The topological polar surface area (TPSA) is 134 Å². The number of carbonyl (C=O) groups is 1. The molecule has 0 spiro atoms. The van der Waals surface area contributed by atoms with Gasteiger partial charge in [-0.1, -0.05) is 23.7 Å². The molecule has 2 N–H and O–H groups in total. The van der Waals surface area contributed by atoms with E-state index in [4.69, 9.17) is 11.6 Å². The zero-order chi connectivity index (χ0) is 22.6. The smallest absolute Gasteiger partial charge is 0.257 e. The van der Waals surface area contributed by atoms with E-state index < -0.39 is 25.0 Å². The molecule has 31 heavy (non-hydrogen) atoms. The van der Waals surface area contributed by atoms with Crippen molar-refractivity contribution in [1.29, 1.82) is 0 Å². The Morgan fingerprint density at radius 1 is 1.19 bits per heavy atom. The van der Waals surface area contributed by atoms with Crippen LogP contribution in [0.1, 0.15) is 27.9 Å². The number of hydrogen-bond acceptors (Lipinski definition) is 6. The van der Waals surface area contributed by atoms with Crippen LogP contribution in [-0.4, -0.2) is 17.5 Å². The number of fused-ring (bicyclic) bond motifs is 1. The molecular weight excluding hydrogens is 450 g/mol. The molecule has 0 bridgehead atoms. The summed E-state index contributed by atoms with van der Waals surface area (Å²) in [5.74, 6) is -1.32. The second-order valence-corrected chi connectivity index (χ2v) is 8.31. The molecule has 1 amide bonds. The van der Waals surface area contributed by atoms with E-state index in [0.717, 1.165) is 11.8 Å². The van der Waals surface area contributed by atoms with Crippen LogP contribution in [0, 0.1) is 5.82 Å². The Hall–Kier alpha value is -2.55. The van der Waals surface area contributed by atoms with Crippen molar-refractivity contribution < 1.29 is 28.1 Å². The average molecular weight is 467 g/mol. The van der Waals surface area contributed by atoms with E-state index >= 15 is 0 Å². The van der Waals surface area contributed by atoms with Crippen LogP contribution in [0.15, 0.2) is 47.4 Å². The molecule has 0 aliphatic heterocycles. The van der Waals surface area contributed by atoms with E-state index in [1.54, 1.807) is 24.3 Å². The lowest BCUT2D eigenvalue weighted by Gasteiger charge is -2.28. The van der Waals surface area contributed by atoms with Crippen molar-refractivity contribution in [1.82, 2.24) is 10.3 Å². The number of benzene rings is 2. The van der Waals surface area contributed by atoms with Gasteiger partial charge in [0.2, 0.25) is 5.43 Å². The lowest BCUT2D eigenvalue weighted by Crippen LogP contribution is -2.28. The van der Waals surface area contributed by atoms with Crippen LogP contribution in [0.5, 0.6) is 0 Å². The van der Waals surface area contributed by atoms with Gasteiger partial charge in [0.15, 0.2) is 0 Å². The molecule has 3 aromatic rings. The summed E-state index contributed by atoms with van der Waals surface area (Å²) in [4.78, 5) is 48.8. The number of nitrogens with one attached hydrogen (secondary N) is 2. The molecule has 0 aliphatic carbocycles. The number of pyridine rings is 1. The van der Waals surface area contributed by atoms with Gasteiger partial charge in [0, 0.05) is 23.2 Å². The third kappa shape index (κ3) is 6.22. The number of aromatic nitrogens is 1. The Balaban J connectivity index is 1.77. The number of hydrogen-bond donors (Lipinski definition) is 2. The van der Waals surface area contributed by atoms with Gasteiger partial charge in [-0.3, -0.25) is 9.59 Å². The second kappa shape index (κ2) is 9.72. The fourth-order valence-corrected chi connectivity index (χ4v) is 3.47. The molecule has 11 heteroatoms. The molecule has 8 nitrogen and oxygen atoms in total. The van der Waals surface area contributed by atoms with E-state index in [-0.39, 0.29) is 42.5 Å². The summed E-state index contributed by atoms with van der Waals surface area (Å²) in [5, 5.41) is 3.16. The summed E-state index contributed by atoms with van der Waals surface area (Å²) in [6.45, 7) is -0.182. The second-order valence-electron chi connectivity index (χ2n) is 6.72. The zero-order valence-electron chi connectivity index (χ0n) is 16.0.